The van der Waals surface area contributed by atoms with E-state index in [0.717, 1.165) is 12.2 Å². The van der Waals surface area contributed by atoms with E-state index in [1.165, 1.54) is 30.7 Å². The summed E-state index contributed by atoms with van der Waals surface area (Å²) in [5.74, 6) is -1.27. The summed E-state index contributed by atoms with van der Waals surface area (Å²) in [6, 6.07) is 12.0. The zero-order valence-electron chi connectivity index (χ0n) is 15.3. The van der Waals surface area contributed by atoms with Gasteiger partial charge in [0.25, 0.3) is 5.91 Å². The van der Waals surface area contributed by atoms with Crippen molar-refractivity contribution in [1.82, 2.24) is 5.32 Å². The first kappa shape index (κ1) is 19.4. The van der Waals surface area contributed by atoms with Crippen molar-refractivity contribution < 1.29 is 14.0 Å². The maximum absolute atomic E-state index is 13.7. The summed E-state index contributed by atoms with van der Waals surface area (Å²) >= 11 is 0. The van der Waals surface area contributed by atoms with Crippen molar-refractivity contribution in [2.75, 3.05) is 29.9 Å². The molecule has 0 unspecified atom stereocenters. The number of hydrogen-bond acceptors (Lipinski definition) is 3. The van der Waals surface area contributed by atoms with Gasteiger partial charge in [-0.1, -0.05) is 18.2 Å². The molecule has 0 aliphatic carbocycles. The van der Waals surface area contributed by atoms with Crippen molar-refractivity contribution in [2.45, 2.75) is 20.8 Å². The fraction of sp³-hybridized carbons (Fsp3) is 0.300. The third kappa shape index (κ3) is 5.05. The Hall–Kier alpha value is -2.89. The van der Waals surface area contributed by atoms with Crippen molar-refractivity contribution in [1.29, 1.82) is 0 Å². The molecule has 0 spiro atoms. The largest absolute Gasteiger partial charge is 0.370 e. The van der Waals surface area contributed by atoms with Gasteiger partial charge in [0.15, 0.2) is 0 Å². The van der Waals surface area contributed by atoms with Gasteiger partial charge in [-0.3, -0.25) is 9.59 Å². The standard InChI is InChI=1S/C20H24FN3O2/c1-4-24(19-8-6-5-7-14(19)2)12-11-22-20(26)16-9-10-17(21)18(13-16)23-15(3)25/h5-10,13H,4,11-12H2,1-3H3,(H,22,26)(H,23,25). The highest BCUT2D eigenvalue weighted by atomic mass is 19.1. The maximum Gasteiger partial charge on any atom is 0.251 e. The summed E-state index contributed by atoms with van der Waals surface area (Å²) in [7, 11) is 0. The fourth-order valence-corrected chi connectivity index (χ4v) is 2.73. The molecule has 0 atom stereocenters. The van der Waals surface area contributed by atoms with Crippen LogP contribution < -0.4 is 15.5 Å². The number of halogens is 1. The Morgan fingerprint density at radius 3 is 2.54 bits per heavy atom. The lowest BCUT2D eigenvalue weighted by atomic mass is 10.1. The molecule has 0 aliphatic heterocycles. The van der Waals surface area contributed by atoms with E-state index in [-0.39, 0.29) is 11.6 Å². The second-order valence-corrected chi connectivity index (χ2v) is 6.00. The van der Waals surface area contributed by atoms with Crippen LogP contribution in [0.1, 0.15) is 29.8 Å². The van der Waals surface area contributed by atoms with E-state index in [9.17, 15) is 14.0 Å². The van der Waals surface area contributed by atoms with Crippen LogP contribution in [0.3, 0.4) is 0 Å². The molecule has 0 radical (unpaired) electrons. The molecule has 138 valence electrons. The molecule has 0 aromatic heterocycles. The Balaban J connectivity index is 1.98. The molecule has 2 amide bonds. The minimum absolute atomic E-state index is 0.000227. The molecule has 0 heterocycles. The van der Waals surface area contributed by atoms with Crippen LogP contribution in [0.5, 0.6) is 0 Å². The maximum atomic E-state index is 13.7. The number of carbonyl (C=O) groups is 2. The minimum Gasteiger partial charge on any atom is -0.370 e. The van der Waals surface area contributed by atoms with Crippen LogP contribution in [0, 0.1) is 12.7 Å². The molecule has 2 aromatic carbocycles. The zero-order valence-corrected chi connectivity index (χ0v) is 15.3. The molecule has 2 N–H and O–H groups in total. The van der Waals surface area contributed by atoms with Crippen LogP contribution in [0.2, 0.25) is 0 Å². The summed E-state index contributed by atoms with van der Waals surface area (Å²) in [6.45, 7) is 7.34. The van der Waals surface area contributed by atoms with Crippen molar-refractivity contribution in [3.63, 3.8) is 0 Å². The number of likely N-dealkylation sites (N-methyl/N-ethyl adjacent to an activating group) is 1. The summed E-state index contributed by atoms with van der Waals surface area (Å²) in [5.41, 5.74) is 2.62. The van der Waals surface area contributed by atoms with Gasteiger partial charge in [0.05, 0.1) is 5.69 Å². The number of para-hydroxylation sites is 1. The topological polar surface area (TPSA) is 61.4 Å². The average molecular weight is 357 g/mol. The van der Waals surface area contributed by atoms with Gasteiger partial charge in [-0.05, 0) is 43.7 Å². The Morgan fingerprint density at radius 1 is 1.15 bits per heavy atom. The monoisotopic (exact) mass is 357 g/mol. The Bertz CT molecular complexity index is 792. The van der Waals surface area contributed by atoms with E-state index in [1.807, 2.05) is 12.1 Å². The van der Waals surface area contributed by atoms with Gasteiger partial charge < -0.3 is 15.5 Å². The summed E-state index contributed by atoms with van der Waals surface area (Å²) in [6.07, 6.45) is 0. The van der Waals surface area contributed by atoms with Gasteiger partial charge in [-0.15, -0.1) is 0 Å². The lowest BCUT2D eigenvalue weighted by Crippen LogP contribution is -2.35. The normalized spacial score (nSPS) is 10.3. The van der Waals surface area contributed by atoms with Crippen LogP contribution in [0.25, 0.3) is 0 Å². The number of rotatable bonds is 7. The molecule has 2 rings (SSSR count). The molecular formula is C20H24FN3O2. The Morgan fingerprint density at radius 2 is 1.88 bits per heavy atom. The fourth-order valence-electron chi connectivity index (χ4n) is 2.73. The molecule has 6 heteroatoms. The van der Waals surface area contributed by atoms with E-state index < -0.39 is 11.7 Å². The Kier molecular flexibility index (Phi) is 6.72. The van der Waals surface area contributed by atoms with Gasteiger partial charge in [-0.2, -0.15) is 0 Å². The van der Waals surface area contributed by atoms with Gasteiger partial charge in [-0.25, -0.2) is 4.39 Å². The highest BCUT2D eigenvalue weighted by Gasteiger charge is 2.12. The van der Waals surface area contributed by atoms with Crippen LogP contribution in [0.4, 0.5) is 15.8 Å². The molecular weight excluding hydrogens is 333 g/mol. The van der Waals surface area contributed by atoms with E-state index in [1.54, 1.807) is 0 Å². The second kappa shape index (κ2) is 8.99. The number of aryl methyl sites for hydroxylation is 1. The molecule has 2 aromatic rings. The van der Waals surface area contributed by atoms with Crippen LogP contribution in [0.15, 0.2) is 42.5 Å². The SMILES string of the molecule is CCN(CCNC(=O)c1ccc(F)c(NC(C)=O)c1)c1ccccc1C. The van der Waals surface area contributed by atoms with Gasteiger partial charge in [0.1, 0.15) is 5.82 Å². The van der Waals surface area contributed by atoms with Crippen molar-refractivity contribution in [3.8, 4) is 0 Å². The summed E-state index contributed by atoms with van der Waals surface area (Å²) in [5, 5.41) is 5.21. The Labute approximate surface area is 153 Å². The van der Waals surface area contributed by atoms with Crippen LogP contribution >= 0.6 is 0 Å². The molecule has 0 bridgehead atoms. The summed E-state index contributed by atoms with van der Waals surface area (Å²) < 4.78 is 13.7. The first-order valence-electron chi connectivity index (χ1n) is 8.58. The highest BCUT2D eigenvalue weighted by molar-refractivity contribution is 5.96. The van der Waals surface area contributed by atoms with E-state index in [4.69, 9.17) is 0 Å². The van der Waals surface area contributed by atoms with Crippen LogP contribution in [-0.2, 0) is 4.79 Å². The molecule has 0 aliphatic rings. The summed E-state index contributed by atoms with van der Waals surface area (Å²) in [4.78, 5) is 25.6. The molecule has 0 saturated heterocycles. The number of nitrogens with one attached hydrogen (secondary N) is 2. The minimum atomic E-state index is -0.575. The number of anilines is 2. The third-order valence-corrected chi connectivity index (χ3v) is 4.04. The van der Waals surface area contributed by atoms with E-state index in [0.29, 0.717) is 18.7 Å². The number of carbonyl (C=O) groups excluding carboxylic acids is 2. The lowest BCUT2D eigenvalue weighted by Gasteiger charge is -2.25. The predicted octanol–water partition coefficient (Wildman–Crippen LogP) is 3.35. The van der Waals surface area contributed by atoms with Crippen molar-refractivity contribution in [2.24, 2.45) is 0 Å². The first-order valence-corrected chi connectivity index (χ1v) is 8.58. The van der Waals surface area contributed by atoms with E-state index >= 15 is 0 Å². The highest BCUT2D eigenvalue weighted by Crippen LogP contribution is 2.19. The average Bonchev–Trinajstić information content (AvgIpc) is 2.61. The van der Waals surface area contributed by atoms with Crippen molar-refractivity contribution in [3.05, 3.63) is 59.4 Å². The van der Waals surface area contributed by atoms with Gasteiger partial charge in [0, 0.05) is 37.8 Å². The molecule has 5 nitrogen and oxygen atoms in total. The second-order valence-electron chi connectivity index (χ2n) is 6.00. The van der Waals surface area contributed by atoms with E-state index in [2.05, 4.69) is 41.5 Å². The van der Waals surface area contributed by atoms with Crippen molar-refractivity contribution >= 4 is 23.2 Å². The smallest absolute Gasteiger partial charge is 0.251 e. The lowest BCUT2D eigenvalue weighted by molar-refractivity contribution is -0.114. The van der Waals surface area contributed by atoms with Crippen LogP contribution in [-0.4, -0.2) is 31.4 Å². The van der Waals surface area contributed by atoms with Gasteiger partial charge >= 0.3 is 0 Å². The predicted molar refractivity (Wildman–Crippen MR) is 102 cm³/mol. The number of amides is 2. The number of benzene rings is 2. The number of nitrogens with zero attached hydrogens (tertiary/aromatic N) is 1. The number of hydrogen-bond donors (Lipinski definition) is 2. The zero-order chi connectivity index (χ0) is 19.1. The molecule has 0 fully saturated rings. The molecule has 0 saturated carbocycles. The molecule has 26 heavy (non-hydrogen) atoms. The third-order valence-electron chi connectivity index (χ3n) is 4.04. The quantitative estimate of drug-likeness (QED) is 0.799. The van der Waals surface area contributed by atoms with Gasteiger partial charge in [0.2, 0.25) is 5.91 Å². The first-order chi connectivity index (χ1) is 12.4.